The zero-order chi connectivity index (χ0) is 20.1. The number of amides is 1. The molecular formula is C22H21F2NO3. The molecule has 0 radical (unpaired) electrons. The molecule has 28 heavy (non-hydrogen) atoms. The summed E-state index contributed by atoms with van der Waals surface area (Å²) in [5, 5.41) is 0. The van der Waals surface area contributed by atoms with Crippen LogP contribution in [0.25, 0.3) is 0 Å². The summed E-state index contributed by atoms with van der Waals surface area (Å²) in [6, 6.07) is 6.91. The van der Waals surface area contributed by atoms with Gasteiger partial charge in [-0.2, -0.15) is 0 Å². The highest BCUT2D eigenvalue weighted by atomic mass is 19.2. The van der Waals surface area contributed by atoms with Crippen LogP contribution in [-0.2, 0) is 0 Å². The molecule has 4 rings (SSSR count). The molecule has 0 N–H and O–H groups in total. The van der Waals surface area contributed by atoms with Crippen molar-refractivity contribution < 1.29 is 23.1 Å². The van der Waals surface area contributed by atoms with Crippen molar-refractivity contribution in [3.63, 3.8) is 0 Å². The first kappa shape index (κ1) is 18.6. The third kappa shape index (κ3) is 3.07. The van der Waals surface area contributed by atoms with E-state index in [-0.39, 0.29) is 23.7 Å². The van der Waals surface area contributed by atoms with E-state index in [1.165, 1.54) is 6.07 Å². The van der Waals surface area contributed by atoms with Crippen LogP contribution in [0, 0.1) is 25.5 Å². The number of carbonyl (C=O) groups excluding carboxylic acids is 2. The highest BCUT2D eigenvalue weighted by Crippen LogP contribution is 2.41. The Morgan fingerprint density at radius 2 is 1.79 bits per heavy atom. The Bertz CT molecular complexity index is 978. The summed E-state index contributed by atoms with van der Waals surface area (Å²) in [6.45, 7) is 4.71. The van der Waals surface area contributed by atoms with Gasteiger partial charge in [-0.15, -0.1) is 0 Å². The molecule has 1 fully saturated rings. The van der Waals surface area contributed by atoms with Crippen LogP contribution in [0.15, 0.2) is 30.3 Å². The Balaban J connectivity index is 1.52. The zero-order valence-electron chi connectivity index (χ0n) is 15.9. The van der Waals surface area contributed by atoms with Crippen molar-refractivity contribution in [2.45, 2.75) is 38.7 Å². The fourth-order valence-electron chi connectivity index (χ4n) is 3.99. The quantitative estimate of drug-likeness (QED) is 0.738. The van der Waals surface area contributed by atoms with E-state index < -0.39 is 17.2 Å². The van der Waals surface area contributed by atoms with Gasteiger partial charge in [0.25, 0.3) is 5.91 Å². The van der Waals surface area contributed by atoms with Crippen LogP contribution in [0.1, 0.15) is 51.1 Å². The molecule has 0 aliphatic carbocycles. The predicted molar refractivity (Wildman–Crippen MR) is 99.7 cm³/mol. The molecule has 0 atom stereocenters. The number of hydrogen-bond donors (Lipinski definition) is 0. The third-order valence-electron chi connectivity index (χ3n) is 5.91. The number of piperidine rings is 1. The van der Waals surface area contributed by atoms with Crippen LogP contribution in [0.2, 0.25) is 0 Å². The van der Waals surface area contributed by atoms with Gasteiger partial charge in [-0.25, -0.2) is 8.78 Å². The second-order valence-electron chi connectivity index (χ2n) is 7.69. The van der Waals surface area contributed by atoms with Crippen LogP contribution in [-0.4, -0.2) is 35.3 Å². The van der Waals surface area contributed by atoms with Gasteiger partial charge >= 0.3 is 0 Å². The third-order valence-corrected chi connectivity index (χ3v) is 5.91. The number of halogens is 2. The molecule has 146 valence electrons. The van der Waals surface area contributed by atoms with Crippen molar-refractivity contribution in [1.82, 2.24) is 4.90 Å². The summed E-state index contributed by atoms with van der Waals surface area (Å²) in [5.74, 6) is -1.65. The van der Waals surface area contributed by atoms with Crippen LogP contribution < -0.4 is 4.74 Å². The summed E-state index contributed by atoms with van der Waals surface area (Å²) in [4.78, 5) is 26.9. The molecule has 0 saturated carbocycles. The fraction of sp³-hybridized carbons (Fsp3) is 0.364. The minimum absolute atomic E-state index is 0.0599. The minimum atomic E-state index is -1.04. The topological polar surface area (TPSA) is 46.6 Å². The fourth-order valence-corrected chi connectivity index (χ4v) is 3.99. The highest BCUT2D eigenvalue weighted by Gasteiger charge is 2.44. The van der Waals surface area contributed by atoms with E-state index in [1.807, 2.05) is 26.0 Å². The van der Waals surface area contributed by atoms with Gasteiger partial charge in [-0.05, 0) is 49.2 Å². The molecule has 0 aromatic heterocycles. The second kappa shape index (κ2) is 6.69. The van der Waals surface area contributed by atoms with Gasteiger partial charge in [0.15, 0.2) is 17.4 Å². The first-order valence-electron chi connectivity index (χ1n) is 9.36. The molecule has 1 saturated heterocycles. The average Bonchev–Trinajstić information content (AvgIpc) is 2.67. The molecule has 4 nitrogen and oxygen atoms in total. The lowest BCUT2D eigenvalue weighted by Crippen LogP contribution is -2.52. The van der Waals surface area contributed by atoms with Crippen molar-refractivity contribution in [3.05, 3.63) is 64.2 Å². The monoisotopic (exact) mass is 385 g/mol. The zero-order valence-corrected chi connectivity index (χ0v) is 15.9. The van der Waals surface area contributed by atoms with E-state index in [4.69, 9.17) is 4.74 Å². The number of hydrogen-bond acceptors (Lipinski definition) is 3. The number of nitrogens with zero attached hydrogens (tertiary/aromatic N) is 1. The average molecular weight is 385 g/mol. The van der Waals surface area contributed by atoms with Gasteiger partial charge in [-0.3, -0.25) is 9.59 Å². The van der Waals surface area contributed by atoms with E-state index in [1.54, 1.807) is 4.90 Å². The normalized spacial score (nSPS) is 18.0. The van der Waals surface area contributed by atoms with Gasteiger partial charge in [0, 0.05) is 31.5 Å². The molecular weight excluding hydrogens is 364 g/mol. The standard InChI is InChI=1S/C22H21F2NO3/c1-13-3-5-16-19(26)12-22(28-20(16)14(13)2)7-9-25(10-8-22)21(27)15-4-6-17(23)18(24)11-15/h3-6,11H,7-10,12H2,1-2H3. The first-order chi connectivity index (χ1) is 13.3. The smallest absolute Gasteiger partial charge is 0.253 e. The molecule has 1 amide bonds. The lowest BCUT2D eigenvalue weighted by Gasteiger charge is -2.44. The van der Waals surface area contributed by atoms with E-state index in [9.17, 15) is 18.4 Å². The van der Waals surface area contributed by atoms with Crippen molar-refractivity contribution in [1.29, 1.82) is 0 Å². The number of rotatable bonds is 1. The van der Waals surface area contributed by atoms with Crippen LogP contribution in [0.3, 0.4) is 0 Å². The van der Waals surface area contributed by atoms with Crippen molar-refractivity contribution in [3.8, 4) is 5.75 Å². The van der Waals surface area contributed by atoms with Crippen molar-refractivity contribution in [2.75, 3.05) is 13.1 Å². The number of benzene rings is 2. The van der Waals surface area contributed by atoms with Gasteiger partial charge in [0.05, 0.1) is 12.0 Å². The van der Waals surface area contributed by atoms with Gasteiger partial charge in [-0.1, -0.05) is 6.07 Å². The van der Waals surface area contributed by atoms with Crippen LogP contribution in [0.4, 0.5) is 8.78 Å². The lowest BCUT2D eigenvalue weighted by molar-refractivity contribution is -0.00621. The Morgan fingerprint density at radius 3 is 2.46 bits per heavy atom. The number of Topliss-reactive ketones (excluding diaryl/α,β-unsaturated/α-hetero) is 1. The number of ketones is 1. The lowest BCUT2D eigenvalue weighted by atomic mass is 9.81. The molecule has 0 bridgehead atoms. The Kier molecular flexibility index (Phi) is 4.44. The van der Waals surface area contributed by atoms with Gasteiger partial charge in [0.1, 0.15) is 11.4 Å². The van der Waals surface area contributed by atoms with Gasteiger partial charge < -0.3 is 9.64 Å². The maximum absolute atomic E-state index is 13.4. The van der Waals surface area contributed by atoms with E-state index in [2.05, 4.69) is 0 Å². The number of ether oxygens (including phenoxy) is 1. The van der Waals surface area contributed by atoms with Crippen LogP contribution >= 0.6 is 0 Å². The minimum Gasteiger partial charge on any atom is -0.486 e. The van der Waals surface area contributed by atoms with E-state index >= 15 is 0 Å². The second-order valence-corrected chi connectivity index (χ2v) is 7.69. The Hall–Kier alpha value is -2.76. The molecule has 2 aromatic carbocycles. The Labute approximate surface area is 162 Å². The summed E-state index contributed by atoms with van der Waals surface area (Å²) in [6.07, 6.45) is 1.32. The van der Waals surface area contributed by atoms with E-state index in [0.29, 0.717) is 37.2 Å². The van der Waals surface area contributed by atoms with Crippen molar-refractivity contribution in [2.24, 2.45) is 0 Å². The molecule has 2 aliphatic rings. The SMILES string of the molecule is Cc1ccc2c(c1C)OC1(CCN(C(=O)c3ccc(F)c(F)c3)CC1)CC2=O. The van der Waals surface area contributed by atoms with Gasteiger partial charge in [0.2, 0.25) is 0 Å². The molecule has 2 aliphatic heterocycles. The molecule has 2 heterocycles. The first-order valence-corrected chi connectivity index (χ1v) is 9.36. The number of carbonyl (C=O) groups is 2. The van der Waals surface area contributed by atoms with Crippen molar-refractivity contribution >= 4 is 11.7 Å². The molecule has 2 aromatic rings. The molecule has 0 unspecified atom stereocenters. The predicted octanol–water partition coefficient (Wildman–Crippen LogP) is 4.22. The maximum atomic E-state index is 13.4. The Morgan fingerprint density at radius 1 is 1.07 bits per heavy atom. The number of fused-ring (bicyclic) bond motifs is 1. The summed E-state index contributed by atoms with van der Waals surface area (Å²) in [7, 11) is 0. The number of likely N-dealkylation sites (tertiary alicyclic amines) is 1. The van der Waals surface area contributed by atoms with Crippen LogP contribution in [0.5, 0.6) is 5.75 Å². The summed E-state index contributed by atoms with van der Waals surface area (Å²) in [5.41, 5.74) is 2.15. The number of aryl methyl sites for hydroxylation is 1. The summed E-state index contributed by atoms with van der Waals surface area (Å²) >= 11 is 0. The molecule has 6 heteroatoms. The van der Waals surface area contributed by atoms with E-state index in [0.717, 1.165) is 23.3 Å². The maximum Gasteiger partial charge on any atom is 0.253 e. The highest BCUT2D eigenvalue weighted by molar-refractivity contribution is 6.01. The largest absolute Gasteiger partial charge is 0.486 e. The molecule has 1 spiro atoms. The summed E-state index contributed by atoms with van der Waals surface area (Å²) < 4.78 is 32.9.